The van der Waals surface area contributed by atoms with Crippen LogP contribution in [-0.2, 0) is 4.74 Å². The molecule has 0 atom stereocenters. The summed E-state index contributed by atoms with van der Waals surface area (Å²) in [5, 5.41) is 4.09. The van der Waals surface area contributed by atoms with Crippen LogP contribution in [0.3, 0.4) is 0 Å². The van der Waals surface area contributed by atoms with Crippen molar-refractivity contribution >= 4 is 11.6 Å². The summed E-state index contributed by atoms with van der Waals surface area (Å²) in [6.45, 7) is 5.32. The first kappa shape index (κ1) is 13.7. The molecule has 0 bridgehead atoms. The molecule has 100 valence electrons. The third kappa shape index (κ3) is 4.16. The van der Waals surface area contributed by atoms with Gasteiger partial charge in [0.05, 0.1) is 12.7 Å². The SMILES string of the molecule is Cc1cc(OCCOC2CCNCC2)ccc1Cl. The molecule has 0 aromatic heterocycles. The van der Waals surface area contributed by atoms with Crippen LogP contribution in [-0.4, -0.2) is 32.4 Å². The zero-order valence-electron chi connectivity index (χ0n) is 10.7. The lowest BCUT2D eigenvalue weighted by molar-refractivity contribution is 0.0168. The van der Waals surface area contributed by atoms with Gasteiger partial charge >= 0.3 is 0 Å². The van der Waals surface area contributed by atoms with E-state index in [0.29, 0.717) is 19.3 Å². The second kappa shape index (κ2) is 6.98. The largest absolute Gasteiger partial charge is 0.491 e. The second-order valence-electron chi connectivity index (χ2n) is 4.58. The quantitative estimate of drug-likeness (QED) is 0.834. The average molecular weight is 270 g/mol. The van der Waals surface area contributed by atoms with Crippen molar-refractivity contribution in [2.45, 2.75) is 25.9 Å². The lowest BCUT2D eigenvalue weighted by Crippen LogP contribution is -2.33. The first-order valence-corrected chi connectivity index (χ1v) is 6.85. The summed E-state index contributed by atoms with van der Waals surface area (Å²) >= 11 is 5.96. The highest BCUT2D eigenvalue weighted by Crippen LogP contribution is 2.20. The Bertz CT molecular complexity index is 378. The third-order valence-electron chi connectivity index (χ3n) is 3.12. The topological polar surface area (TPSA) is 30.5 Å². The monoisotopic (exact) mass is 269 g/mol. The number of rotatable bonds is 5. The highest BCUT2D eigenvalue weighted by Gasteiger charge is 2.12. The van der Waals surface area contributed by atoms with Crippen molar-refractivity contribution in [1.29, 1.82) is 0 Å². The molecule has 1 aliphatic heterocycles. The summed E-state index contributed by atoms with van der Waals surface area (Å²) in [4.78, 5) is 0. The van der Waals surface area contributed by atoms with Gasteiger partial charge in [-0.1, -0.05) is 11.6 Å². The number of hydrogen-bond donors (Lipinski definition) is 1. The van der Waals surface area contributed by atoms with Crippen molar-refractivity contribution in [3.05, 3.63) is 28.8 Å². The van der Waals surface area contributed by atoms with Gasteiger partial charge in [-0.2, -0.15) is 0 Å². The molecule has 1 heterocycles. The van der Waals surface area contributed by atoms with E-state index in [9.17, 15) is 0 Å². The highest BCUT2D eigenvalue weighted by atomic mass is 35.5. The first-order chi connectivity index (χ1) is 8.75. The molecule has 1 aromatic rings. The zero-order chi connectivity index (χ0) is 12.8. The molecule has 0 spiro atoms. The molecule has 0 amide bonds. The van der Waals surface area contributed by atoms with Crippen LogP contribution in [0.4, 0.5) is 0 Å². The van der Waals surface area contributed by atoms with E-state index in [4.69, 9.17) is 21.1 Å². The number of hydrogen-bond acceptors (Lipinski definition) is 3. The van der Waals surface area contributed by atoms with Gasteiger partial charge in [0, 0.05) is 5.02 Å². The summed E-state index contributed by atoms with van der Waals surface area (Å²) in [6, 6.07) is 5.70. The summed E-state index contributed by atoms with van der Waals surface area (Å²) in [5.41, 5.74) is 1.04. The van der Waals surface area contributed by atoms with Crippen LogP contribution in [0.5, 0.6) is 5.75 Å². The van der Waals surface area contributed by atoms with Gasteiger partial charge in [-0.15, -0.1) is 0 Å². The Morgan fingerprint density at radius 3 is 2.78 bits per heavy atom. The number of nitrogens with one attached hydrogen (secondary N) is 1. The maximum Gasteiger partial charge on any atom is 0.119 e. The number of ether oxygens (including phenoxy) is 2. The third-order valence-corrected chi connectivity index (χ3v) is 3.55. The predicted octanol–water partition coefficient (Wildman–Crippen LogP) is 2.80. The van der Waals surface area contributed by atoms with Gasteiger partial charge in [-0.25, -0.2) is 0 Å². The van der Waals surface area contributed by atoms with Crippen LogP contribution in [0.1, 0.15) is 18.4 Å². The van der Waals surface area contributed by atoms with E-state index in [0.717, 1.165) is 42.3 Å². The molecular formula is C14H20ClNO2. The zero-order valence-corrected chi connectivity index (χ0v) is 11.5. The fraction of sp³-hybridized carbons (Fsp3) is 0.571. The first-order valence-electron chi connectivity index (χ1n) is 6.47. The van der Waals surface area contributed by atoms with Crippen molar-refractivity contribution < 1.29 is 9.47 Å². The van der Waals surface area contributed by atoms with Crippen LogP contribution in [0.15, 0.2) is 18.2 Å². The Hall–Kier alpha value is -0.770. The summed E-state index contributed by atoms with van der Waals surface area (Å²) in [5.74, 6) is 0.853. The molecule has 4 heteroatoms. The maximum atomic E-state index is 5.96. The molecule has 1 fully saturated rings. The number of halogens is 1. The highest BCUT2D eigenvalue weighted by molar-refractivity contribution is 6.31. The van der Waals surface area contributed by atoms with Crippen LogP contribution in [0, 0.1) is 6.92 Å². The Morgan fingerprint density at radius 1 is 1.28 bits per heavy atom. The van der Waals surface area contributed by atoms with Gasteiger partial charge in [0.15, 0.2) is 0 Å². The lowest BCUT2D eigenvalue weighted by Gasteiger charge is -2.22. The Balaban J connectivity index is 1.66. The molecular weight excluding hydrogens is 250 g/mol. The van der Waals surface area contributed by atoms with Crippen molar-refractivity contribution in [3.8, 4) is 5.75 Å². The molecule has 0 radical (unpaired) electrons. The summed E-state index contributed by atoms with van der Waals surface area (Å²) in [7, 11) is 0. The van der Waals surface area contributed by atoms with Gasteiger partial charge in [0.25, 0.3) is 0 Å². The van der Waals surface area contributed by atoms with E-state index in [1.165, 1.54) is 0 Å². The van der Waals surface area contributed by atoms with Gasteiger partial charge in [-0.3, -0.25) is 0 Å². The maximum absolute atomic E-state index is 5.96. The molecule has 18 heavy (non-hydrogen) atoms. The molecule has 0 aliphatic carbocycles. The molecule has 1 N–H and O–H groups in total. The number of aryl methyl sites for hydroxylation is 1. The van der Waals surface area contributed by atoms with Crippen LogP contribution in [0.2, 0.25) is 5.02 Å². The van der Waals surface area contributed by atoms with E-state index in [1.54, 1.807) is 0 Å². The minimum absolute atomic E-state index is 0.391. The van der Waals surface area contributed by atoms with Crippen molar-refractivity contribution in [2.24, 2.45) is 0 Å². The molecule has 1 saturated heterocycles. The van der Waals surface area contributed by atoms with Crippen LogP contribution in [0.25, 0.3) is 0 Å². The smallest absolute Gasteiger partial charge is 0.119 e. The molecule has 0 unspecified atom stereocenters. The van der Waals surface area contributed by atoms with Gasteiger partial charge in [0.2, 0.25) is 0 Å². The van der Waals surface area contributed by atoms with E-state index in [1.807, 2.05) is 25.1 Å². The second-order valence-corrected chi connectivity index (χ2v) is 4.99. The minimum atomic E-state index is 0.391. The normalized spacial score (nSPS) is 16.8. The molecule has 1 aromatic carbocycles. The van der Waals surface area contributed by atoms with E-state index in [2.05, 4.69) is 5.32 Å². The van der Waals surface area contributed by atoms with E-state index < -0.39 is 0 Å². The Morgan fingerprint density at radius 2 is 2.06 bits per heavy atom. The van der Waals surface area contributed by atoms with Crippen molar-refractivity contribution in [2.75, 3.05) is 26.3 Å². The van der Waals surface area contributed by atoms with E-state index in [-0.39, 0.29) is 0 Å². The minimum Gasteiger partial charge on any atom is -0.491 e. The molecule has 3 nitrogen and oxygen atoms in total. The fourth-order valence-corrected chi connectivity index (χ4v) is 2.16. The molecule has 2 rings (SSSR count). The van der Waals surface area contributed by atoms with Crippen LogP contribution >= 0.6 is 11.6 Å². The average Bonchev–Trinajstić information content (AvgIpc) is 2.40. The number of benzene rings is 1. The van der Waals surface area contributed by atoms with Crippen molar-refractivity contribution in [3.63, 3.8) is 0 Å². The lowest BCUT2D eigenvalue weighted by atomic mass is 10.1. The standard InChI is InChI=1S/C14H20ClNO2/c1-11-10-13(2-3-14(11)15)18-9-8-17-12-4-6-16-7-5-12/h2-3,10,12,16H,4-9H2,1H3. The van der Waals surface area contributed by atoms with Gasteiger partial charge < -0.3 is 14.8 Å². The summed E-state index contributed by atoms with van der Waals surface area (Å²) in [6.07, 6.45) is 2.59. The fourth-order valence-electron chi connectivity index (χ4n) is 2.04. The molecule has 1 aliphatic rings. The Kier molecular flexibility index (Phi) is 5.29. The van der Waals surface area contributed by atoms with Gasteiger partial charge in [0.1, 0.15) is 12.4 Å². The molecule has 0 saturated carbocycles. The van der Waals surface area contributed by atoms with E-state index >= 15 is 0 Å². The number of piperidine rings is 1. The van der Waals surface area contributed by atoms with Crippen molar-refractivity contribution in [1.82, 2.24) is 5.32 Å². The summed E-state index contributed by atoms with van der Waals surface area (Å²) < 4.78 is 11.4. The van der Waals surface area contributed by atoms with Crippen LogP contribution < -0.4 is 10.1 Å². The predicted molar refractivity (Wildman–Crippen MR) is 73.5 cm³/mol. The van der Waals surface area contributed by atoms with Gasteiger partial charge in [-0.05, 0) is 56.6 Å². The Labute approximate surface area is 113 Å².